The smallest absolute Gasteiger partial charge is 0.125 e. The zero-order chi connectivity index (χ0) is 11.7. The minimum absolute atomic E-state index is 0.705. The largest absolute Gasteiger partial charge is 0.378 e. The first-order valence-electron chi connectivity index (χ1n) is 5.40. The molecule has 0 aliphatic heterocycles. The third-order valence-electron chi connectivity index (χ3n) is 2.51. The number of anilines is 1. The Morgan fingerprint density at radius 1 is 1.41 bits per heavy atom. The molecule has 0 atom stereocenters. The summed E-state index contributed by atoms with van der Waals surface area (Å²) in [5.74, 6) is 0.936. The SMILES string of the molecule is Cc1nc2ccc(NCc3ncc[nH]3)cc2s1. The predicted octanol–water partition coefficient (Wildman–Crippen LogP) is 2.94. The van der Waals surface area contributed by atoms with Crippen molar-refractivity contribution in [3.63, 3.8) is 0 Å². The molecule has 2 heterocycles. The van der Waals surface area contributed by atoms with Crippen LogP contribution in [0.1, 0.15) is 10.8 Å². The van der Waals surface area contributed by atoms with Crippen molar-refractivity contribution in [3.8, 4) is 0 Å². The lowest BCUT2D eigenvalue weighted by Gasteiger charge is -2.03. The normalized spacial score (nSPS) is 10.9. The van der Waals surface area contributed by atoms with Gasteiger partial charge in [-0.1, -0.05) is 0 Å². The van der Waals surface area contributed by atoms with Crippen LogP contribution in [0.5, 0.6) is 0 Å². The maximum atomic E-state index is 4.44. The van der Waals surface area contributed by atoms with Crippen molar-refractivity contribution in [2.24, 2.45) is 0 Å². The molecule has 0 unspecified atom stereocenters. The molecule has 1 aromatic carbocycles. The van der Waals surface area contributed by atoms with Crippen LogP contribution in [0.3, 0.4) is 0 Å². The van der Waals surface area contributed by atoms with E-state index in [1.54, 1.807) is 17.5 Å². The number of aryl methyl sites for hydroxylation is 1. The fourth-order valence-corrected chi connectivity index (χ4v) is 2.60. The fraction of sp³-hybridized carbons (Fsp3) is 0.167. The van der Waals surface area contributed by atoms with Gasteiger partial charge < -0.3 is 10.3 Å². The van der Waals surface area contributed by atoms with Crippen molar-refractivity contribution >= 4 is 27.2 Å². The van der Waals surface area contributed by atoms with Gasteiger partial charge in [-0.05, 0) is 25.1 Å². The van der Waals surface area contributed by atoms with E-state index in [4.69, 9.17) is 0 Å². The standard InChI is InChI=1S/C12H12N4S/c1-8-16-10-3-2-9(6-11(10)17-8)15-7-12-13-4-5-14-12/h2-6,15H,7H2,1H3,(H,13,14). The van der Waals surface area contributed by atoms with Crippen LogP contribution in [0.2, 0.25) is 0 Å². The molecular formula is C12H12N4S. The van der Waals surface area contributed by atoms with E-state index in [1.165, 1.54) is 4.70 Å². The van der Waals surface area contributed by atoms with Crippen molar-refractivity contribution < 1.29 is 0 Å². The number of aromatic amines is 1. The Labute approximate surface area is 103 Å². The van der Waals surface area contributed by atoms with Gasteiger partial charge in [0.2, 0.25) is 0 Å². The summed E-state index contributed by atoms with van der Waals surface area (Å²) >= 11 is 1.72. The molecule has 0 aliphatic carbocycles. The number of rotatable bonds is 3. The molecule has 0 saturated heterocycles. The summed E-state index contributed by atoms with van der Waals surface area (Å²) in [7, 11) is 0. The van der Waals surface area contributed by atoms with E-state index in [2.05, 4.69) is 26.3 Å². The van der Waals surface area contributed by atoms with E-state index in [9.17, 15) is 0 Å². The molecule has 86 valence electrons. The Kier molecular flexibility index (Phi) is 2.53. The number of benzene rings is 1. The van der Waals surface area contributed by atoms with E-state index in [-0.39, 0.29) is 0 Å². The highest BCUT2D eigenvalue weighted by Gasteiger charge is 2.01. The number of thiazole rings is 1. The zero-order valence-corrected chi connectivity index (χ0v) is 10.2. The number of fused-ring (bicyclic) bond motifs is 1. The summed E-state index contributed by atoms with van der Waals surface area (Å²) in [4.78, 5) is 11.7. The van der Waals surface area contributed by atoms with Gasteiger partial charge in [-0.15, -0.1) is 11.3 Å². The van der Waals surface area contributed by atoms with E-state index in [0.29, 0.717) is 6.54 Å². The summed E-state index contributed by atoms with van der Waals surface area (Å²) in [5.41, 5.74) is 2.16. The Morgan fingerprint density at radius 3 is 3.18 bits per heavy atom. The van der Waals surface area contributed by atoms with Gasteiger partial charge in [-0.2, -0.15) is 0 Å². The minimum atomic E-state index is 0.705. The third kappa shape index (κ3) is 2.14. The van der Waals surface area contributed by atoms with Gasteiger partial charge in [0.15, 0.2) is 0 Å². The highest BCUT2D eigenvalue weighted by atomic mass is 32.1. The summed E-state index contributed by atoms with van der Waals surface area (Å²) in [6.07, 6.45) is 3.58. The van der Waals surface area contributed by atoms with Gasteiger partial charge in [-0.3, -0.25) is 0 Å². The summed E-state index contributed by atoms with van der Waals surface area (Å²) in [5, 5.41) is 4.43. The lowest BCUT2D eigenvalue weighted by molar-refractivity contribution is 1.00. The molecule has 5 heteroatoms. The van der Waals surface area contributed by atoms with Crippen LogP contribution in [-0.4, -0.2) is 15.0 Å². The molecular weight excluding hydrogens is 232 g/mol. The van der Waals surface area contributed by atoms with Crippen LogP contribution in [0.25, 0.3) is 10.2 Å². The molecule has 0 radical (unpaired) electrons. The second-order valence-electron chi connectivity index (χ2n) is 3.80. The average Bonchev–Trinajstić information content (AvgIpc) is 2.92. The first kappa shape index (κ1) is 10.3. The molecule has 0 amide bonds. The maximum Gasteiger partial charge on any atom is 0.125 e. The van der Waals surface area contributed by atoms with E-state index >= 15 is 0 Å². The van der Waals surface area contributed by atoms with Gasteiger partial charge in [0.25, 0.3) is 0 Å². The van der Waals surface area contributed by atoms with E-state index in [1.807, 2.05) is 25.3 Å². The quantitative estimate of drug-likeness (QED) is 0.744. The van der Waals surface area contributed by atoms with Crippen molar-refractivity contribution in [2.45, 2.75) is 13.5 Å². The number of nitrogens with zero attached hydrogens (tertiary/aromatic N) is 2. The van der Waals surface area contributed by atoms with Crippen LogP contribution in [-0.2, 0) is 6.54 Å². The number of hydrogen-bond acceptors (Lipinski definition) is 4. The molecule has 17 heavy (non-hydrogen) atoms. The number of nitrogens with one attached hydrogen (secondary N) is 2. The van der Waals surface area contributed by atoms with Crippen LogP contribution in [0.4, 0.5) is 5.69 Å². The summed E-state index contributed by atoms with van der Waals surface area (Å²) in [6.45, 7) is 2.73. The number of aromatic nitrogens is 3. The molecule has 2 aromatic heterocycles. The van der Waals surface area contributed by atoms with E-state index in [0.717, 1.165) is 22.0 Å². The highest BCUT2D eigenvalue weighted by molar-refractivity contribution is 7.18. The average molecular weight is 244 g/mol. The van der Waals surface area contributed by atoms with Crippen LogP contribution >= 0.6 is 11.3 Å². The number of H-pyrrole nitrogens is 1. The van der Waals surface area contributed by atoms with Gasteiger partial charge in [0.05, 0.1) is 21.8 Å². The Bertz CT molecular complexity index is 627. The fourth-order valence-electron chi connectivity index (χ4n) is 1.73. The highest BCUT2D eigenvalue weighted by Crippen LogP contribution is 2.24. The van der Waals surface area contributed by atoms with Gasteiger partial charge >= 0.3 is 0 Å². The second kappa shape index (κ2) is 4.18. The molecule has 0 spiro atoms. The molecule has 0 saturated carbocycles. The van der Waals surface area contributed by atoms with Gasteiger partial charge in [-0.25, -0.2) is 9.97 Å². The van der Waals surface area contributed by atoms with Gasteiger partial charge in [0, 0.05) is 18.1 Å². The Morgan fingerprint density at radius 2 is 2.35 bits per heavy atom. The molecule has 3 aromatic rings. The first-order valence-corrected chi connectivity index (χ1v) is 6.22. The minimum Gasteiger partial charge on any atom is -0.378 e. The van der Waals surface area contributed by atoms with Crippen molar-refractivity contribution in [3.05, 3.63) is 41.4 Å². The second-order valence-corrected chi connectivity index (χ2v) is 5.04. The Balaban J connectivity index is 1.81. The maximum absolute atomic E-state index is 4.44. The van der Waals surface area contributed by atoms with Crippen molar-refractivity contribution in [1.29, 1.82) is 0 Å². The van der Waals surface area contributed by atoms with Crippen molar-refractivity contribution in [2.75, 3.05) is 5.32 Å². The predicted molar refractivity (Wildman–Crippen MR) is 70.3 cm³/mol. The number of imidazole rings is 1. The number of hydrogen-bond donors (Lipinski definition) is 2. The summed E-state index contributed by atoms with van der Waals surface area (Å²) in [6, 6.07) is 6.22. The van der Waals surface area contributed by atoms with Crippen LogP contribution < -0.4 is 5.32 Å². The van der Waals surface area contributed by atoms with Gasteiger partial charge in [0.1, 0.15) is 5.82 Å². The molecule has 0 fully saturated rings. The van der Waals surface area contributed by atoms with Crippen molar-refractivity contribution in [1.82, 2.24) is 15.0 Å². The molecule has 0 aliphatic rings. The third-order valence-corrected chi connectivity index (χ3v) is 3.44. The van der Waals surface area contributed by atoms with Crippen LogP contribution in [0.15, 0.2) is 30.6 Å². The molecule has 2 N–H and O–H groups in total. The lowest BCUT2D eigenvalue weighted by atomic mass is 10.3. The monoisotopic (exact) mass is 244 g/mol. The first-order chi connectivity index (χ1) is 8.31. The summed E-state index contributed by atoms with van der Waals surface area (Å²) < 4.78 is 1.21. The lowest BCUT2D eigenvalue weighted by Crippen LogP contribution is -2.00. The topological polar surface area (TPSA) is 53.6 Å². The van der Waals surface area contributed by atoms with E-state index < -0.39 is 0 Å². The Hall–Kier alpha value is -1.88. The van der Waals surface area contributed by atoms with Crippen LogP contribution in [0, 0.1) is 6.92 Å². The molecule has 3 rings (SSSR count). The molecule has 4 nitrogen and oxygen atoms in total. The zero-order valence-electron chi connectivity index (χ0n) is 9.40. The molecule has 0 bridgehead atoms.